The Kier molecular flexibility index (Phi) is 9.85. The highest BCUT2D eigenvalue weighted by atomic mass is 32.2. The molecule has 1 unspecified atom stereocenters. The number of rotatable bonds is 8. The predicted molar refractivity (Wildman–Crippen MR) is 63.1 cm³/mol. The summed E-state index contributed by atoms with van der Waals surface area (Å²) in [5.41, 5.74) is 0. The van der Waals surface area contributed by atoms with Crippen LogP contribution in [0.3, 0.4) is 0 Å². The SMILES string of the molecule is C#CCC(CSCCC)NCCC. The Morgan fingerprint density at radius 1 is 1.38 bits per heavy atom. The van der Waals surface area contributed by atoms with E-state index in [0.717, 1.165) is 18.7 Å². The van der Waals surface area contributed by atoms with Crippen molar-refractivity contribution in [2.75, 3.05) is 18.1 Å². The second-order valence-electron chi connectivity index (χ2n) is 3.13. The van der Waals surface area contributed by atoms with Crippen molar-refractivity contribution in [1.29, 1.82) is 0 Å². The van der Waals surface area contributed by atoms with Gasteiger partial charge in [-0.05, 0) is 25.1 Å². The minimum absolute atomic E-state index is 0.515. The summed E-state index contributed by atoms with van der Waals surface area (Å²) in [5.74, 6) is 5.12. The fourth-order valence-corrected chi connectivity index (χ4v) is 2.03. The molecule has 13 heavy (non-hydrogen) atoms. The van der Waals surface area contributed by atoms with Crippen molar-refractivity contribution in [3.63, 3.8) is 0 Å². The van der Waals surface area contributed by atoms with E-state index in [1.165, 1.54) is 18.6 Å². The Bertz CT molecular complexity index is 140. The molecule has 0 spiro atoms. The smallest absolute Gasteiger partial charge is 0.0267 e. The average molecular weight is 199 g/mol. The maximum absolute atomic E-state index is 5.31. The highest BCUT2D eigenvalue weighted by molar-refractivity contribution is 7.99. The van der Waals surface area contributed by atoms with Crippen LogP contribution in [0.4, 0.5) is 0 Å². The molecule has 0 aromatic rings. The van der Waals surface area contributed by atoms with Crippen LogP contribution in [0.5, 0.6) is 0 Å². The maximum atomic E-state index is 5.31. The number of hydrogen-bond donors (Lipinski definition) is 1. The van der Waals surface area contributed by atoms with Gasteiger partial charge in [0.15, 0.2) is 0 Å². The zero-order chi connectivity index (χ0) is 9.94. The third-order valence-electron chi connectivity index (χ3n) is 1.71. The number of nitrogens with one attached hydrogen (secondary N) is 1. The van der Waals surface area contributed by atoms with Crippen LogP contribution < -0.4 is 5.32 Å². The van der Waals surface area contributed by atoms with Crippen LogP contribution in [-0.4, -0.2) is 24.1 Å². The van der Waals surface area contributed by atoms with E-state index < -0.39 is 0 Å². The molecule has 0 rings (SSSR count). The van der Waals surface area contributed by atoms with Crippen LogP contribution in [0.15, 0.2) is 0 Å². The minimum atomic E-state index is 0.515. The Morgan fingerprint density at radius 3 is 2.69 bits per heavy atom. The van der Waals surface area contributed by atoms with Gasteiger partial charge in [0.1, 0.15) is 0 Å². The van der Waals surface area contributed by atoms with Crippen molar-refractivity contribution in [1.82, 2.24) is 5.32 Å². The van der Waals surface area contributed by atoms with Gasteiger partial charge in [0, 0.05) is 18.2 Å². The quantitative estimate of drug-likeness (QED) is 0.476. The molecule has 0 saturated heterocycles. The largest absolute Gasteiger partial charge is 0.312 e. The lowest BCUT2D eigenvalue weighted by atomic mass is 10.2. The Morgan fingerprint density at radius 2 is 2.15 bits per heavy atom. The predicted octanol–water partition coefficient (Wildman–Crippen LogP) is 2.52. The second kappa shape index (κ2) is 9.95. The molecule has 0 aromatic carbocycles. The zero-order valence-electron chi connectivity index (χ0n) is 8.81. The van der Waals surface area contributed by atoms with Gasteiger partial charge in [-0.3, -0.25) is 0 Å². The normalized spacial score (nSPS) is 12.4. The first kappa shape index (κ1) is 12.9. The van der Waals surface area contributed by atoms with Crippen LogP contribution in [0.2, 0.25) is 0 Å². The Hall–Kier alpha value is -0.130. The lowest BCUT2D eigenvalue weighted by molar-refractivity contribution is 0.563. The van der Waals surface area contributed by atoms with E-state index in [1.807, 2.05) is 11.8 Å². The van der Waals surface area contributed by atoms with Crippen molar-refractivity contribution in [2.24, 2.45) is 0 Å². The van der Waals surface area contributed by atoms with Gasteiger partial charge in [-0.2, -0.15) is 11.8 Å². The molecule has 1 N–H and O–H groups in total. The average Bonchev–Trinajstić information content (AvgIpc) is 2.14. The summed E-state index contributed by atoms with van der Waals surface area (Å²) in [4.78, 5) is 0. The minimum Gasteiger partial charge on any atom is -0.312 e. The van der Waals surface area contributed by atoms with Gasteiger partial charge in [0.25, 0.3) is 0 Å². The third kappa shape index (κ3) is 8.21. The molecule has 1 atom stereocenters. The Labute approximate surface area is 87.1 Å². The summed E-state index contributed by atoms with van der Waals surface area (Å²) in [6, 6.07) is 0.515. The van der Waals surface area contributed by atoms with Crippen molar-refractivity contribution in [3.05, 3.63) is 0 Å². The van der Waals surface area contributed by atoms with E-state index in [1.54, 1.807) is 0 Å². The maximum Gasteiger partial charge on any atom is 0.0267 e. The highest BCUT2D eigenvalue weighted by Crippen LogP contribution is 2.06. The van der Waals surface area contributed by atoms with E-state index >= 15 is 0 Å². The molecule has 0 aliphatic heterocycles. The van der Waals surface area contributed by atoms with Crippen molar-refractivity contribution >= 4 is 11.8 Å². The highest BCUT2D eigenvalue weighted by Gasteiger charge is 2.04. The summed E-state index contributed by atoms with van der Waals surface area (Å²) in [5, 5.41) is 3.47. The second-order valence-corrected chi connectivity index (χ2v) is 4.28. The molecular weight excluding hydrogens is 178 g/mol. The molecule has 76 valence electrons. The van der Waals surface area contributed by atoms with Crippen LogP contribution in [0.25, 0.3) is 0 Å². The van der Waals surface area contributed by atoms with Crippen LogP contribution in [0, 0.1) is 12.3 Å². The fourth-order valence-electron chi connectivity index (χ4n) is 1.05. The van der Waals surface area contributed by atoms with Gasteiger partial charge in [-0.1, -0.05) is 13.8 Å². The summed E-state index contributed by atoms with van der Waals surface area (Å²) >= 11 is 1.99. The lowest BCUT2D eigenvalue weighted by Crippen LogP contribution is -2.31. The van der Waals surface area contributed by atoms with Crippen LogP contribution >= 0.6 is 11.8 Å². The first-order valence-corrected chi connectivity index (χ1v) is 6.25. The van der Waals surface area contributed by atoms with Gasteiger partial charge in [-0.15, -0.1) is 12.3 Å². The molecule has 0 aromatic heterocycles. The number of terminal acetylenes is 1. The first-order chi connectivity index (χ1) is 6.35. The van der Waals surface area contributed by atoms with E-state index in [9.17, 15) is 0 Å². The summed E-state index contributed by atoms with van der Waals surface area (Å²) in [6.07, 6.45) is 8.60. The summed E-state index contributed by atoms with van der Waals surface area (Å²) in [7, 11) is 0. The van der Waals surface area contributed by atoms with Gasteiger partial charge in [-0.25, -0.2) is 0 Å². The number of hydrogen-bond acceptors (Lipinski definition) is 2. The molecular formula is C11H21NS. The monoisotopic (exact) mass is 199 g/mol. The lowest BCUT2D eigenvalue weighted by Gasteiger charge is -2.14. The standard InChI is InChI=1S/C11H21NS/c1-4-7-11(12-8-5-2)10-13-9-6-3/h1,11-12H,5-10H2,2-3H3. The van der Waals surface area contributed by atoms with E-state index in [2.05, 4.69) is 25.1 Å². The zero-order valence-corrected chi connectivity index (χ0v) is 9.62. The first-order valence-electron chi connectivity index (χ1n) is 5.09. The van der Waals surface area contributed by atoms with Crippen molar-refractivity contribution in [3.8, 4) is 12.3 Å². The van der Waals surface area contributed by atoms with E-state index in [-0.39, 0.29) is 0 Å². The molecule has 0 amide bonds. The molecule has 0 saturated carbocycles. The Balaban J connectivity index is 3.48. The van der Waals surface area contributed by atoms with E-state index in [0.29, 0.717) is 6.04 Å². The van der Waals surface area contributed by atoms with Crippen LogP contribution in [-0.2, 0) is 0 Å². The molecule has 0 aliphatic carbocycles. The van der Waals surface area contributed by atoms with Crippen molar-refractivity contribution in [2.45, 2.75) is 39.2 Å². The van der Waals surface area contributed by atoms with E-state index in [4.69, 9.17) is 6.42 Å². The molecule has 2 heteroatoms. The molecule has 0 radical (unpaired) electrons. The van der Waals surface area contributed by atoms with Crippen LogP contribution in [0.1, 0.15) is 33.1 Å². The molecule has 0 bridgehead atoms. The van der Waals surface area contributed by atoms with Crippen molar-refractivity contribution < 1.29 is 0 Å². The summed E-state index contributed by atoms with van der Waals surface area (Å²) in [6.45, 7) is 5.47. The van der Waals surface area contributed by atoms with Gasteiger partial charge in [0.05, 0.1) is 0 Å². The topological polar surface area (TPSA) is 12.0 Å². The molecule has 0 heterocycles. The third-order valence-corrected chi connectivity index (χ3v) is 3.05. The fraction of sp³-hybridized carbons (Fsp3) is 0.818. The van der Waals surface area contributed by atoms with Gasteiger partial charge < -0.3 is 5.32 Å². The van der Waals surface area contributed by atoms with Gasteiger partial charge in [0.2, 0.25) is 0 Å². The summed E-state index contributed by atoms with van der Waals surface area (Å²) < 4.78 is 0. The molecule has 0 aliphatic rings. The molecule has 0 fully saturated rings. The molecule has 1 nitrogen and oxygen atoms in total. The number of thioether (sulfide) groups is 1. The van der Waals surface area contributed by atoms with Gasteiger partial charge >= 0.3 is 0 Å².